The summed E-state index contributed by atoms with van der Waals surface area (Å²) >= 11 is 6.55. The van der Waals surface area contributed by atoms with Gasteiger partial charge in [-0.05, 0) is 35.4 Å². The third-order valence-electron chi connectivity index (χ3n) is 8.73. The van der Waals surface area contributed by atoms with Gasteiger partial charge in [-0.25, -0.2) is 0 Å². The predicted octanol–water partition coefficient (Wildman–Crippen LogP) is 4.24. The number of carbonyl (C=O) groups excluding carboxylic acids is 3. The fourth-order valence-corrected chi connectivity index (χ4v) is 6.43. The van der Waals surface area contributed by atoms with Crippen molar-refractivity contribution >= 4 is 29.1 Å². The number of hydrogen-bond acceptors (Lipinski definition) is 12. The Hall–Kier alpha value is -5.14. The Kier molecular flexibility index (Phi) is 9.38. The standard InChI is InChI=1S/C34H34ClNO12/c1-15-9-22(40)28(32(43)34(15)33(44)29-25(46-3)13-26(47-4)30(35)31(29)48-34)18(16-5-8-20(38)24(11-16)45-2)12-27(42)36-14-23(41)17-6-7-19(37)21(39)10-17/h5-8,10-11,13,15,18,23,37-39,41,43H,9,12,14H2,1-4H3,(H,36,42). The molecule has 1 aliphatic heterocycles. The van der Waals surface area contributed by atoms with E-state index in [1.54, 1.807) is 6.92 Å². The van der Waals surface area contributed by atoms with Crippen LogP contribution in [0.25, 0.3) is 0 Å². The maximum atomic E-state index is 14.3. The molecule has 4 atom stereocenters. The highest BCUT2D eigenvalue weighted by Crippen LogP contribution is 2.56. The van der Waals surface area contributed by atoms with Crippen LogP contribution >= 0.6 is 11.6 Å². The molecule has 4 unspecified atom stereocenters. The minimum absolute atomic E-state index is 0.0242. The van der Waals surface area contributed by atoms with Crippen LogP contribution in [0.1, 0.15) is 53.3 Å². The average molecular weight is 684 g/mol. The van der Waals surface area contributed by atoms with Gasteiger partial charge in [0.05, 0.1) is 27.4 Å². The second kappa shape index (κ2) is 13.2. The van der Waals surface area contributed by atoms with Gasteiger partial charge in [0.1, 0.15) is 22.1 Å². The fourth-order valence-electron chi connectivity index (χ4n) is 6.17. The van der Waals surface area contributed by atoms with Crippen molar-refractivity contribution in [3.8, 4) is 40.2 Å². The molecule has 1 spiro atoms. The number of carbonyl (C=O) groups is 3. The van der Waals surface area contributed by atoms with Crippen LogP contribution in [0.3, 0.4) is 0 Å². The maximum Gasteiger partial charge on any atom is 0.231 e. The van der Waals surface area contributed by atoms with Crippen molar-refractivity contribution in [2.75, 3.05) is 27.9 Å². The summed E-state index contributed by atoms with van der Waals surface area (Å²) < 4.78 is 22.2. The van der Waals surface area contributed by atoms with Gasteiger partial charge in [-0.15, -0.1) is 0 Å². The normalized spacial score (nSPS) is 19.8. The lowest BCUT2D eigenvalue weighted by Gasteiger charge is -2.38. The summed E-state index contributed by atoms with van der Waals surface area (Å²) in [6, 6.07) is 9.26. The number of ether oxygens (including phenoxy) is 4. The second-order valence-electron chi connectivity index (χ2n) is 11.5. The van der Waals surface area contributed by atoms with Crippen LogP contribution < -0.4 is 24.3 Å². The summed E-state index contributed by atoms with van der Waals surface area (Å²) in [6.07, 6.45) is -2.00. The summed E-state index contributed by atoms with van der Waals surface area (Å²) in [6.45, 7) is 1.26. The maximum absolute atomic E-state index is 14.3. The van der Waals surface area contributed by atoms with Crippen molar-refractivity contribution in [1.82, 2.24) is 5.32 Å². The lowest BCUT2D eigenvalue weighted by atomic mass is 9.69. The van der Waals surface area contributed by atoms with Crippen molar-refractivity contribution in [2.24, 2.45) is 5.92 Å². The van der Waals surface area contributed by atoms with Crippen LogP contribution in [0.4, 0.5) is 0 Å². The van der Waals surface area contributed by atoms with E-state index in [9.17, 15) is 39.9 Å². The van der Waals surface area contributed by atoms with Crippen LogP contribution in [0.5, 0.6) is 40.2 Å². The quantitative estimate of drug-likeness (QED) is 0.166. The van der Waals surface area contributed by atoms with Crippen LogP contribution in [0.15, 0.2) is 53.8 Å². The van der Waals surface area contributed by atoms with E-state index < -0.39 is 58.9 Å². The molecule has 13 nitrogen and oxygen atoms in total. The lowest BCUT2D eigenvalue weighted by Crippen LogP contribution is -2.53. The molecule has 0 fully saturated rings. The van der Waals surface area contributed by atoms with E-state index in [1.807, 2.05) is 0 Å². The van der Waals surface area contributed by atoms with E-state index in [0.29, 0.717) is 0 Å². The van der Waals surface area contributed by atoms with Gasteiger partial charge in [0.25, 0.3) is 0 Å². The number of nitrogens with one attached hydrogen (secondary N) is 1. The number of phenolic OH excluding ortho intramolecular Hbond substituents is 3. The number of halogens is 1. The molecule has 0 aromatic heterocycles. The molecule has 5 rings (SSSR count). The summed E-state index contributed by atoms with van der Waals surface area (Å²) in [5.74, 6) is -5.63. The molecule has 6 N–H and O–H groups in total. The molecule has 14 heteroatoms. The number of fused-ring (bicyclic) bond motifs is 1. The lowest BCUT2D eigenvalue weighted by molar-refractivity contribution is -0.122. The number of allylic oxidation sites excluding steroid dienone is 1. The Morgan fingerprint density at radius 3 is 2.23 bits per heavy atom. The number of hydrogen-bond donors (Lipinski definition) is 6. The highest BCUT2D eigenvalue weighted by Gasteiger charge is 2.61. The van der Waals surface area contributed by atoms with E-state index in [2.05, 4.69) is 5.32 Å². The van der Waals surface area contributed by atoms with Gasteiger partial charge in [0.2, 0.25) is 17.3 Å². The van der Waals surface area contributed by atoms with Crippen LogP contribution in [0, 0.1) is 5.92 Å². The van der Waals surface area contributed by atoms with Crippen LogP contribution in [-0.2, 0) is 9.59 Å². The molecule has 3 aromatic carbocycles. The summed E-state index contributed by atoms with van der Waals surface area (Å²) in [4.78, 5) is 41.5. The number of amides is 1. The number of Topliss-reactive ketones (excluding diaryl/α,β-unsaturated/α-hetero) is 2. The van der Waals surface area contributed by atoms with Gasteiger partial charge < -0.3 is 49.8 Å². The molecule has 3 aromatic rings. The van der Waals surface area contributed by atoms with E-state index >= 15 is 0 Å². The molecule has 0 bridgehead atoms. The van der Waals surface area contributed by atoms with Crippen molar-refractivity contribution < 1.29 is 58.9 Å². The molecule has 2 aliphatic rings. The summed E-state index contributed by atoms with van der Waals surface area (Å²) in [5.41, 5.74) is -1.94. The van der Waals surface area contributed by atoms with Crippen LogP contribution in [0.2, 0.25) is 5.02 Å². The zero-order valence-corrected chi connectivity index (χ0v) is 27.1. The Morgan fingerprint density at radius 1 is 0.938 bits per heavy atom. The van der Waals surface area contributed by atoms with Gasteiger partial charge >= 0.3 is 0 Å². The molecular weight excluding hydrogens is 650 g/mol. The third-order valence-corrected chi connectivity index (χ3v) is 9.09. The van der Waals surface area contributed by atoms with Gasteiger partial charge in [-0.3, -0.25) is 14.4 Å². The number of aliphatic hydroxyl groups is 2. The topological polar surface area (TPSA) is 201 Å². The third kappa shape index (κ3) is 5.69. The number of rotatable bonds is 10. The molecule has 1 amide bonds. The number of aliphatic hydroxyl groups excluding tert-OH is 2. The minimum Gasteiger partial charge on any atom is -0.507 e. The van der Waals surface area contributed by atoms with Gasteiger partial charge in [-0.2, -0.15) is 0 Å². The SMILES string of the molecule is COc1cc(C(CC(=O)NCC(O)c2ccc(O)c(O)c2)C2=C(O)C3(Oc4c(Cl)c(OC)cc(OC)c4C3=O)C(C)CC2=O)ccc1O. The van der Waals surface area contributed by atoms with Gasteiger partial charge in [-0.1, -0.05) is 30.7 Å². The van der Waals surface area contributed by atoms with E-state index in [-0.39, 0.29) is 74.7 Å². The molecule has 0 radical (unpaired) electrons. The zero-order chi connectivity index (χ0) is 35.1. The van der Waals surface area contributed by atoms with Gasteiger partial charge in [0, 0.05) is 42.9 Å². The van der Waals surface area contributed by atoms with E-state index in [0.717, 1.165) is 6.07 Å². The number of phenols is 3. The van der Waals surface area contributed by atoms with Crippen molar-refractivity contribution in [3.63, 3.8) is 0 Å². The number of benzene rings is 3. The highest BCUT2D eigenvalue weighted by molar-refractivity contribution is 6.35. The first-order chi connectivity index (χ1) is 22.8. The second-order valence-corrected chi connectivity index (χ2v) is 11.9. The number of methoxy groups -OCH3 is 3. The Morgan fingerprint density at radius 2 is 1.58 bits per heavy atom. The molecule has 1 heterocycles. The molecular formula is C34H34ClNO12. The van der Waals surface area contributed by atoms with Crippen molar-refractivity contribution in [2.45, 2.75) is 37.4 Å². The minimum atomic E-state index is -2.11. The highest BCUT2D eigenvalue weighted by atomic mass is 35.5. The van der Waals surface area contributed by atoms with Crippen molar-refractivity contribution in [1.29, 1.82) is 0 Å². The summed E-state index contributed by atoms with van der Waals surface area (Å²) in [7, 11) is 4.02. The molecule has 48 heavy (non-hydrogen) atoms. The first-order valence-corrected chi connectivity index (χ1v) is 15.1. The first kappa shape index (κ1) is 34.2. The Bertz CT molecular complexity index is 1840. The van der Waals surface area contributed by atoms with E-state index in [1.165, 1.54) is 57.7 Å². The average Bonchev–Trinajstić information content (AvgIpc) is 3.38. The molecule has 0 saturated heterocycles. The molecule has 254 valence electrons. The Labute approximate surface area is 279 Å². The van der Waals surface area contributed by atoms with Crippen molar-refractivity contribution in [3.05, 3.63) is 75.5 Å². The number of ketones is 2. The molecule has 1 aliphatic carbocycles. The van der Waals surface area contributed by atoms with Crippen LogP contribution in [-0.4, -0.2) is 76.5 Å². The van der Waals surface area contributed by atoms with Gasteiger partial charge in [0.15, 0.2) is 40.3 Å². The Balaban J connectivity index is 1.57. The number of aromatic hydroxyl groups is 3. The first-order valence-electron chi connectivity index (χ1n) is 14.8. The summed E-state index contributed by atoms with van der Waals surface area (Å²) in [5, 5.41) is 54.8. The zero-order valence-electron chi connectivity index (χ0n) is 26.4. The predicted molar refractivity (Wildman–Crippen MR) is 170 cm³/mol. The smallest absolute Gasteiger partial charge is 0.231 e. The molecule has 0 saturated carbocycles. The van der Waals surface area contributed by atoms with E-state index in [4.69, 9.17) is 30.5 Å². The monoisotopic (exact) mass is 683 g/mol. The fraction of sp³-hybridized carbons (Fsp3) is 0.324. The largest absolute Gasteiger partial charge is 0.507 e.